The van der Waals surface area contributed by atoms with Gasteiger partial charge >= 0.3 is 0 Å². The first-order valence-corrected chi connectivity index (χ1v) is 8.03. The van der Waals surface area contributed by atoms with Crippen molar-refractivity contribution in [1.29, 1.82) is 0 Å². The average molecular weight is 351 g/mol. The number of nitrogens with zero attached hydrogens (tertiary/aromatic N) is 1. The Morgan fingerprint density at radius 2 is 2.11 bits per heavy atom. The molecule has 0 saturated carbocycles. The molecule has 2 rings (SSSR count). The van der Waals surface area contributed by atoms with Crippen LogP contribution in [0, 0.1) is 5.82 Å². The summed E-state index contributed by atoms with van der Waals surface area (Å²) in [7, 11) is 0. The summed E-state index contributed by atoms with van der Waals surface area (Å²) in [6.07, 6.45) is 2.36. The lowest BCUT2D eigenvalue weighted by atomic mass is 10.1. The van der Waals surface area contributed by atoms with Crippen molar-refractivity contribution in [1.82, 2.24) is 4.90 Å². The van der Waals surface area contributed by atoms with E-state index in [1.165, 1.54) is 0 Å². The number of halogens is 3. The first kappa shape index (κ1) is 15.2. The number of piperidine rings is 1. The molecular weight excluding hydrogens is 333 g/mol. The van der Waals surface area contributed by atoms with Gasteiger partial charge in [-0.05, 0) is 18.9 Å². The van der Waals surface area contributed by atoms with E-state index in [0.717, 1.165) is 37.9 Å². The molecule has 0 amide bonds. The Balaban J connectivity index is 1.84. The molecule has 1 aliphatic rings. The number of rotatable bonds is 5. The van der Waals surface area contributed by atoms with E-state index in [-0.39, 0.29) is 10.8 Å². The topological polar surface area (TPSA) is 12.5 Å². The van der Waals surface area contributed by atoms with Crippen LogP contribution in [0.5, 0.6) is 0 Å². The molecule has 1 aliphatic heterocycles. The second kappa shape index (κ2) is 7.58. The van der Waals surface area contributed by atoms with E-state index in [9.17, 15) is 4.39 Å². The Bertz CT molecular complexity index is 410. The number of benzene rings is 1. The summed E-state index contributed by atoms with van der Waals surface area (Å²) < 4.78 is 19.5. The summed E-state index contributed by atoms with van der Waals surface area (Å²) in [6.45, 7) is 3.27. The van der Waals surface area contributed by atoms with Crippen LogP contribution in [-0.4, -0.2) is 36.0 Å². The van der Waals surface area contributed by atoms with E-state index in [1.54, 1.807) is 18.2 Å². The molecule has 5 heteroatoms. The zero-order valence-corrected chi connectivity index (χ0v) is 13.1. The lowest BCUT2D eigenvalue weighted by molar-refractivity contribution is 0.0139. The van der Waals surface area contributed by atoms with Crippen molar-refractivity contribution in [3.63, 3.8) is 0 Å². The van der Waals surface area contributed by atoms with E-state index < -0.39 is 0 Å². The van der Waals surface area contributed by atoms with Gasteiger partial charge in [0, 0.05) is 30.5 Å². The fourth-order valence-corrected chi connectivity index (χ4v) is 2.74. The third-order valence-electron chi connectivity index (χ3n) is 3.39. The highest BCUT2D eigenvalue weighted by molar-refractivity contribution is 9.09. The minimum atomic E-state index is -0.290. The van der Waals surface area contributed by atoms with Crippen LogP contribution < -0.4 is 0 Å². The molecule has 106 valence electrons. The van der Waals surface area contributed by atoms with E-state index in [2.05, 4.69) is 20.8 Å². The molecule has 0 spiro atoms. The van der Waals surface area contributed by atoms with Crippen molar-refractivity contribution in [3.05, 3.63) is 34.6 Å². The Morgan fingerprint density at radius 1 is 1.37 bits per heavy atom. The predicted molar refractivity (Wildman–Crippen MR) is 79.5 cm³/mol. The van der Waals surface area contributed by atoms with Gasteiger partial charge < -0.3 is 4.74 Å². The largest absolute Gasteiger partial charge is 0.377 e. The molecule has 19 heavy (non-hydrogen) atoms. The van der Waals surface area contributed by atoms with Gasteiger partial charge in [-0.1, -0.05) is 39.7 Å². The summed E-state index contributed by atoms with van der Waals surface area (Å²) in [5.41, 5.74) is 0.673. The van der Waals surface area contributed by atoms with Gasteiger partial charge in [0.25, 0.3) is 0 Å². The van der Waals surface area contributed by atoms with Gasteiger partial charge in [0.05, 0.1) is 17.7 Å². The molecule has 1 heterocycles. The summed E-state index contributed by atoms with van der Waals surface area (Å²) in [4.78, 5) is 2.25. The van der Waals surface area contributed by atoms with Crippen LogP contribution in [0.15, 0.2) is 18.2 Å². The molecule has 0 bridgehead atoms. The molecule has 0 aromatic heterocycles. The average Bonchev–Trinajstić information content (AvgIpc) is 2.43. The number of alkyl halides is 1. The molecule has 2 nitrogen and oxygen atoms in total. The predicted octanol–water partition coefficient (Wildman–Crippen LogP) is 3.86. The van der Waals surface area contributed by atoms with Crippen LogP contribution in [0.1, 0.15) is 18.4 Å². The molecule has 1 aromatic carbocycles. The maximum atomic E-state index is 13.8. The Kier molecular flexibility index (Phi) is 6.07. The van der Waals surface area contributed by atoms with Gasteiger partial charge in [-0.2, -0.15) is 0 Å². The molecule has 0 aliphatic carbocycles. The van der Waals surface area contributed by atoms with Gasteiger partial charge in [0.15, 0.2) is 0 Å². The van der Waals surface area contributed by atoms with Gasteiger partial charge in [0.1, 0.15) is 5.82 Å². The maximum absolute atomic E-state index is 13.8. The molecule has 0 unspecified atom stereocenters. The van der Waals surface area contributed by atoms with Crippen LogP contribution in [-0.2, 0) is 11.3 Å². The number of ether oxygens (including phenoxy) is 1. The van der Waals surface area contributed by atoms with Crippen molar-refractivity contribution in [2.24, 2.45) is 0 Å². The number of likely N-dealkylation sites (tertiary alicyclic amines) is 1. The van der Waals surface area contributed by atoms with Gasteiger partial charge in [-0.25, -0.2) is 4.39 Å². The Hall–Kier alpha value is -0.160. The zero-order valence-electron chi connectivity index (χ0n) is 10.7. The van der Waals surface area contributed by atoms with E-state index >= 15 is 0 Å². The van der Waals surface area contributed by atoms with Crippen LogP contribution in [0.25, 0.3) is 0 Å². The first-order chi connectivity index (χ1) is 9.20. The lowest BCUT2D eigenvalue weighted by Gasteiger charge is -2.31. The molecule has 1 saturated heterocycles. The van der Waals surface area contributed by atoms with Crippen LogP contribution in [0.2, 0.25) is 5.02 Å². The molecule has 0 radical (unpaired) electrons. The van der Waals surface area contributed by atoms with Crippen molar-refractivity contribution in [2.45, 2.75) is 25.5 Å². The van der Waals surface area contributed by atoms with Gasteiger partial charge in [-0.3, -0.25) is 4.90 Å². The summed E-state index contributed by atoms with van der Waals surface area (Å²) in [5, 5.41) is 1.08. The fraction of sp³-hybridized carbons (Fsp3) is 0.571. The number of hydrogen-bond donors (Lipinski definition) is 0. The second-order valence-electron chi connectivity index (χ2n) is 4.75. The van der Waals surface area contributed by atoms with Crippen molar-refractivity contribution in [2.75, 3.05) is 25.0 Å². The second-order valence-corrected chi connectivity index (χ2v) is 5.95. The lowest BCUT2D eigenvalue weighted by Crippen LogP contribution is -2.37. The first-order valence-electron chi connectivity index (χ1n) is 6.53. The van der Waals surface area contributed by atoms with E-state index in [1.807, 2.05) is 0 Å². The molecular formula is C14H18BrClFNO. The maximum Gasteiger partial charge on any atom is 0.146 e. The van der Waals surface area contributed by atoms with Crippen LogP contribution in [0.3, 0.4) is 0 Å². The third-order valence-corrected chi connectivity index (χ3v) is 4.01. The fourth-order valence-electron chi connectivity index (χ4n) is 2.36. The molecule has 1 aromatic rings. The Morgan fingerprint density at radius 3 is 2.79 bits per heavy atom. The highest BCUT2D eigenvalue weighted by Crippen LogP contribution is 2.21. The Labute approximate surface area is 127 Å². The third kappa shape index (κ3) is 4.42. The summed E-state index contributed by atoms with van der Waals surface area (Å²) in [6, 6.07) is 5.18. The summed E-state index contributed by atoms with van der Waals surface area (Å²) >= 11 is 9.15. The summed E-state index contributed by atoms with van der Waals surface area (Å²) in [5.74, 6) is -0.290. The molecule has 1 fully saturated rings. The smallest absolute Gasteiger partial charge is 0.146 e. The highest BCUT2D eigenvalue weighted by atomic mass is 79.9. The van der Waals surface area contributed by atoms with Crippen LogP contribution in [0.4, 0.5) is 4.39 Å². The monoisotopic (exact) mass is 349 g/mol. The van der Waals surface area contributed by atoms with Gasteiger partial charge in [-0.15, -0.1) is 0 Å². The van der Waals surface area contributed by atoms with Gasteiger partial charge in [0.2, 0.25) is 0 Å². The highest BCUT2D eigenvalue weighted by Gasteiger charge is 2.20. The quantitative estimate of drug-likeness (QED) is 0.748. The zero-order chi connectivity index (χ0) is 13.7. The SMILES string of the molecule is Fc1c(Cl)cccc1CN1CCC(OCCBr)CC1. The normalized spacial score (nSPS) is 17.8. The minimum absolute atomic E-state index is 0.202. The minimum Gasteiger partial charge on any atom is -0.377 e. The van der Waals surface area contributed by atoms with Crippen LogP contribution >= 0.6 is 27.5 Å². The van der Waals surface area contributed by atoms with Crippen molar-refractivity contribution in [3.8, 4) is 0 Å². The van der Waals surface area contributed by atoms with E-state index in [0.29, 0.717) is 18.2 Å². The van der Waals surface area contributed by atoms with Crippen molar-refractivity contribution < 1.29 is 9.13 Å². The van der Waals surface area contributed by atoms with Crippen molar-refractivity contribution >= 4 is 27.5 Å². The van der Waals surface area contributed by atoms with E-state index in [4.69, 9.17) is 16.3 Å². The number of hydrogen-bond acceptors (Lipinski definition) is 2. The standard InChI is InChI=1S/C14H18BrClFNO/c15-6-9-19-12-4-7-18(8-5-12)10-11-2-1-3-13(16)14(11)17/h1-3,12H,4-10H2. The molecule has 0 atom stereocenters. The molecule has 0 N–H and O–H groups in total.